The zero-order valence-corrected chi connectivity index (χ0v) is 9.62. The molecule has 0 radical (unpaired) electrons. The molecule has 0 saturated heterocycles. The molecule has 3 aromatic rings. The van der Waals surface area contributed by atoms with Gasteiger partial charge in [0.05, 0.1) is 17.6 Å². The summed E-state index contributed by atoms with van der Waals surface area (Å²) in [5, 5.41) is 4.29. The van der Waals surface area contributed by atoms with E-state index in [1.54, 1.807) is 23.0 Å². The van der Waals surface area contributed by atoms with Crippen LogP contribution < -0.4 is 0 Å². The number of rotatable bonds is 2. The van der Waals surface area contributed by atoms with Gasteiger partial charge in [0.2, 0.25) is 0 Å². The SMILES string of the molecule is Fc1ccc(-n2nccc2-c2ccccc2)cc1. The Morgan fingerprint density at radius 2 is 1.56 bits per heavy atom. The van der Waals surface area contributed by atoms with Crippen molar-refractivity contribution in [1.29, 1.82) is 0 Å². The van der Waals surface area contributed by atoms with Gasteiger partial charge in [0.1, 0.15) is 5.82 Å². The first-order chi connectivity index (χ1) is 8.84. The zero-order valence-electron chi connectivity index (χ0n) is 9.62. The molecule has 0 fully saturated rings. The summed E-state index contributed by atoms with van der Waals surface area (Å²) in [5.41, 5.74) is 2.92. The predicted molar refractivity (Wildman–Crippen MR) is 69.0 cm³/mol. The molecule has 0 atom stereocenters. The van der Waals surface area contributed by atoms with E-state index in [2.05, 4.69) is 5.10 Å². The minimum absolute atomic E-state index is 0.243. The molecule has 1 heterocycles. The fraction of sp³-hybridized carbons (Fsp3) is 0. The van der Waals surface area contributed by atoms with E-state index in [0.717, 1.165) is 16.9 Å². The van der Waals surface area contributed by atoms with Crippen LogP contribution in [-0.2, 0) is 0 Å². The highest BCUT2D eigenvalue weighted by Crippen LogP contribution is 2.21. The maximum Gasteiger partial charge on any atom is 0.123 e. The maximum absolute atomic E-state index is 12.9. The molecule has 0 N–H and O–H groups in total. The second-order valence-electron chi connectivity index (χ2n) is 3.97. The Hall–Kier alpha value is -2.42. The molecule has 0 aliphatic carbocycles. The van der Waals surface area contributed by atoms with Crippen LogP contribution in [0.1, 0.15) is 0 Å². The van der Waals surface area contributed by atoms with Gasteiger partial charge < -0.3 is 0 Å². The van der Waals surface area contributed by atoms with Crippen LogP contribution in [0.15, 0.2) is 66.9 Å². The number of aromatic nitrogens is 2. The molecule has 0 spiro atoms. The Labute approximate surface area is 104 Å². The van der Waals surface area contributed by atoms with Gasteiger partial charge in [0.15, 0.2) is 0 Å². The Kier molecular flexibility index (Phi) is 2.65. The van der Waals surface area contributed by atoms with Crippen molar-refractivity contribution in [2.24, 2.45) is 0 Å². The lowest BCUT2D eigenvalue weighted by Gasteiger charge is -2.07. The van der Waals surface area contributed by atoms with E-state index in [4.69, 9.17) is 0 Å². The summed E-state index contributed by atoms with van der Waals surface area (Å²) >= 11 is 0. The van der Waals surface area contributed by atoms with Crippen molar-refractivity contribution < 1.29 is 4.39 Å². The van der Waals surface area contributed by atoms with E-state index in [9.17, 15) is 4.39 Å². The Morgan fingerprint density at radius 3 is 2.28 bits per heavy atom. The molecule has 0 aliphatic rings. The number of benzene rings is 2. The van der Waals surface area contributed by atoms with Gasteiger partial charge in [0.25, 0.3) is 0 Å². The standard InChI is InChI=1S/C15H11FN2/c16-13-6-8-14(9-7-13)18-15(10-11-17-18)12-4-2-1-3-5-12/h1-11H. The van der Waals surface area contributed by atoms with Crippen molar-refractivity contribution in [2.45, 2.75) is 0 Å². The van der Waals surface area contributed by atoms with Crippen LogP contribution in [0.3, 0.4) is 0 Å². The Balaban J connectivity index is 2.10. The first-order valence-corrected chi connectivity index (χ1v) is 5.70. The van der Waals surface area contributed by atoms with Crippen molar-refractivity contribution in [3.8, 4) is 16.9 Å². The van der Waals surface area contributed by atoms with Crippen LogP contribution in [0.25, 0.3) is 16.9 Å². The van der Waals surface area contributed by atoms with Gasteiger partial charge in [-0.25, -0.2) is 9.07 Å². The minimum atomic E-state index is -0.243. The van der Waals surface area contributed by atoms with E-state index in [1.165, 1.54) is 12.1 Å². The van der Waals surface area contributed by atoms with Crippen LogP contribution in [0.4, 0.5) is 4.39 Å². The second kappa shape index (κ2) is 4.45. The van der Waals surface area contributed by atoms with E-state index >= 15 is 0 Å². The molecule has 3 rings (SSSR count). The highest BCUT2D eigenvalue weighted by atomic mass is 19.1. The van der Waals surface area contributed by atoms with Crippen molar-refractivity contribution >= 4 is 0 Å². The van der Waals surface area contributed by atoms with Crippen LogP contribution in [0.5, 0.6) is 0 Å². The molecule has 0 amide bonds. The van der Waals surface area contributed by atoms with Gasteiger partial charge in [-0.05, 0) is 30.3 Å². The molecular weight excluding hydrogens is 227 g/mol. The molecule has 0 unspecified atom stereocenters. The van der Waals surface area contributed by atoms with Crippen molar-refractivity contribution in [3.05, 3.63) is 72.7 Å². The van der Waals surface area contributed by atoms with Crippen molar-refractivity contribution in [2.75, 3.05) is 0 Å². The van der Waals surface area contributed by atoms with Crippen LogP contribution >= 0.6 is 0 Å². The maximum atomic E-state index is 12.9. The van der Waals surface area contributed by atoms with Gasteiger partial charge in [-0.15, -0.1) is 0 Å². The molecule has 2 nitrogen and oxygen atoms in total. The van der Waals surface area contributed by atoms with E-state index in [0.29, 0.717) is 0 Å². The number of hydrogen-bond donors (Lipinski definition) is 0. The third kappa shape index (κ3) is 1.91. The average molecular weight is 238 g/mol. The molecule has 1 aromatic heterocycles. The first-order valence-electron chi connectivity index (χ1n) is 5.70. The lowest BCUT2D eigenvalue weighted by atomic mass is 10.1. The predicted octanol–water partition coefficient (Wildman–Crippen LogP) is 3.68. The fourth-order valence-corrected chi connectivity index (χ4v) is 1.92. The molecule has 0 aliphatic heterocycles. The van der Waals surface area contributed by atoms with Crippen LogP contribution in [0.2, 0.25) is 0 Å². The van der Waals surface area contributed by atoms with Gasteiger partial charge in [-0.2, -0.15) is 5.10 Å². The highest BCUT2D eigenvalue weighted by Gasteiger charge is 2.06. The third-order valence-electron chi connectivity index (χ3n) is 2.78. The average Bonchev–Trinajstić information content (AvgIpc) is 2.90. The monoisotopic (exact) mass is 238 g/mol. The van der Waals surface area contributed by atoms with Crippen molar-refractivity contribution in [1.82, 2.24) is 9.78 Å². The zero-order chi connectivity index (χ0) is 12.4. The normalized spacial score (nSPS) is 10.5. The van der Waals surface area contributed by atoms with Gasteiger partial charge >= 0.3 is 0 Å². The molecule has 0 saturated carbocycles. The summed E-state index contributed by atoms with van der Waals surface area (Å²) < 4.78 is 14.7. The Bertz CT molecular complexity index is 642. The quantitative estimate of drug-likeness (QED) is 0.666. The van der Waals surface area contributed by atoms with Crippen LogP contribution in [-0.4, -0.2) is 9.78 Å². The summed E-state index contributed by atoms with van der Waals surface area (Å²) in [5.74, 6) is -0.243. The topological polar surface area (TPSA) is 17.8 Å². The van der Waals surface area contributed by atoms with Gasteiger partial charge in [0, 0.05) is 5.56 Å². The largest absolute Gasteiger partial charge is 0.233 e. The molecule has 3 heteroatoms. The molecular formula is C15H11FN2. The minimum Gasteiger partial charge on any atom is -0.233 e. The molecule has 2 aromatic carbocycles. The smallest absolute Gasteiger partial charge is 0.123 e. The first kappa shape index (κ1) is 10.7. The van der Waals surface area contributed by atoms with E-state index in [1.807, 2.05) is 36.4 Å². The van der Waals surface area contributed by atoms with E-state index in [-0.39, 0.29) is 5.82 Å². The molecule has 88 valence electrons. The summed E-state index contributed by atoms with van der Waals surface area (Å²) in [7, 11) is 0. The number of hydrogen-bond acceptors (Lipinski definition) is 1. The lowest BCUT2D eigenvalue weighted by molar-refractivity contribution is 0.627. The van der Waals surface area contributed by atoms with Gasteiger partial charge in [-0.3, -0.25) is 0 Å². The molecule has 18 heavy (non-hydrogen) atoms. The Morgan fingerprint density at radius 1 is 0.833 bits per heavy atom. The lowest BCUT2D eigenvalue weighted by Crippen LogP contribution is -1.98. The third-order valence-corrected chi connectivity index (χ3v) is 2.78. The number of halogens is 1. The summed E-state index contributed by atoms with van der Waals surface area (Å²) in [6.45, 7) is 0. The highest BCUT2D eigenvalue weighted by molar-refractivity contribution is 5.61. The second-order valence-corrected chi connectivity index (χ2v) is 3.97. The number of nitrogens with zero attached hydrogens (tertiary/aromatic N) is 2. The van der Waals surface area contributed by atoms with E-state index < -0.39 is 0 Å². The molecule has 0 bridgehead atoms. The van der Waals surface area contributed by atoms with Crippen molar-refractivity contribution in [3.63, 3.8) is 0 Å². The summed E-state index contributed by atoms with van der Waals surface area (Å²) in [6, 6.07) is 18.2. The summed E-state index contributed by atoms with van der Waals surface area (Å²) in [4.78, 5) is 0. The fourth-order valence-electron chi connectivity index (χ4n) is 1.92. The van der Waals surface area contributed by atoms with Crippen LogP contribution in [0, 0.1) is 5.82 Å². The summed E-state index contributed by atoms with van der Waals surface area (Å²) in [6.07, 6.45) is 1.74. The van der Waals surface area contributed by atoms with Gasteiger partial charge in [-0.1, -0.05) is 30.3 Å².